The fourth-order valence-corrected chi connectivity index (χ4v) is 4.31. The number of carbonyl (C=O) groups excluding carboxylic acids is 1. The molecule has 4 heterocycles. The van der Waals surface area contributed by atoms with E-state index >= 15 is 0 Å². The van der Waals surface area contributed by atoms with E-state index < -0.39 is 22.9 Å². The standard InChI is InChI=1S/C24H24FN7O2/c1-12(2)4-6-15-22-27-8-9-32(22)11-16(28-15)20-29-19(26)18-21(30-20)31-23(34)24(18,3)13-5-7-17(33)14(25)10-13/h5,7-12,33H,4,6H2,1-3H3,(H3,26,29,30,31,34). The van der Waals surface area contributed by atoms with Crippen molar-refractivity contribution in [1.29, 1.82) is 0 Å². The van der Waals surface area contributed by atoms with Crippen LogP contribution in [0, 0.1) is 11.7 Å². The average molecular weight is 462 g/mol. The Kier molecular flexibility index (Phi) is 4.96. The van der Waals surface area contributed by atoms with E-state index in [9.17, 15) is 14.3 Å². The van der Waals surface area contributed by atoms with Gasteiger partial charge in [0.2, 0.25) is 5.91 Å². The van der Waals surface area contributed by atoms with E-state index in [-0.39, 0.29) is 17.5 Å². The largest absolute Gasteiger partial charge is 0.505 e. The summed E-state index contributed by atoms with van der Waals surface area (Å²) in [5.41, 5.74) is 7.81. The predicted octanol–water partition coefficient (Wildman–Crippen LogP) is 3.46. The van der Waals surface area contributed by atoms with Crippen molar-refractivity contribution in [2.24, 2.45) is 5.92 Å². The molecule has 0 spiro atoms. The van der Waals surface area contributed by atoms with Crippen LogP contribution in [0.2, 0.25) is 0 Å². The summed E-state index contributed by atoms with van der Waals surface area (Å²) in [7, 11) is 0. The first-order valence-electron chi connectivity index (χ1n) is 11.0. The third-order valence-corrected chi connectivity index (χ3v) is 6.28. The first-order chi connectivity index (χ1) is 16.2. The number of fused-ring (bicyclic) bond motifs is 2. The van der Waals surface area contributed by atoms with E-state index in [4.69, 9.17) is 10.7 Å². The van der Waals surface area contributed by atoms with Gasteiger partial charge in [-0.2, -0.15) is 0 Å². The van der Waals surface area contributed by atoms with E-state index in [1.807, 2.05) is 10.6 Å². The Balaban J connectivity index is 1.62. The lowest BCUT2D eigenvalue weighted by molar-refractivity contribution is -0.119. The Bertz CT molecular complexity index is 1450. The Hall–Kier alpha value is -4.08. The first-order valence-corrected chi connectivity index (χ1v) is 11.0. The number of rotatable bonds is 5. The van der Waals surface area contributed by atoms with E-state index in [2.05, 4.69) is 34.1 Å². The molecule has 4 N–H and O–H groups in total. The number of benzene rings is 1. The quantitative estimate of drug-likeness (QED) is 0.415. The van der Waals surface area contributed by atoms with Crippen LogP contribution in [0.5, 0.6) is 5.75 Å². The SMILES string of the molecule is CC(C)CCc1nc(-c2nc(N)c3c(n2)NC(=O)C3(C)c2ccc(O)c(F)c2)cn2ccnc12. The molecule has 34 heavy (non-hydrogen) atoms. The molecule has 0 bridgehead atoms. The molecule has 1 atom stereocenters. The highest BCUT2D eigenvalue weighted by atomic mass is 19.1. The lowest BCUT2D eigenvalue weighted by atomic mass is 9.77. The van der Waals surface area contributed by atoms with E-state index in [1.54, 1.807) is 19.3 Å². The molecular formula is C24H24FN7O2. The number of nitrogens with two attached hydrogens (primary N) is 1. The Labute approximate surface area is 194 Å². The third kappa shape index (κ3) is 3.33. The number of nitrogen functional groups attached to an aromatic ring is 1. The molecule has 1 aromatic carbocycles. The number of aromatic nitrogens is 5. The minimum absolute atomic E-state index is 0.0885. The van der Waals surface area contributed by atoms with E-state index in [0.717, 1.165) is 30.2 Å². The van der Waals surface area contributed by atoms with Gasteiger partial charge < -0.3 is 20.6 Å². The first kappa shape index (κ1) is 21.7. The lowest BCUT2D eigenvalue weighted by Crippen LogP contribution is -2.33. The highest BCUT2D eigenvalue weighted by Crippen LogP contribution is 2.45. The maximum atomic E-state index is 14.1. The molecule has 1 amide bonds. The second-order valence-electron chi connectivity index (χ2n) is 9.06. The van der Waals surface area contributed by atoms with Crippen molar-refractivity contribution in [3.63, 3.8) is 0 Å². The molecule has 3 aromatic heterocycles. The van der Waals surface area contributed by atoms with Gasteiger partial charge in [-0.25, -0.2) is 24.3 Å². The Morgan fingerprint density at radius 3 is 2.79 bits per heavy atom. The number of aromatic hydroxyl groups is 1. The van der Waals surface area contributed by atoms with Crippen LogP contribution in [-0.4, -0.2) is 35.4 Å². The predicted molar refractivity (Wildman–Crippen MR) is 125 cm³/mol. The monoisotopic (exact) mass is 461 g/mol. The summed E-state index contributed by atoms with van der Waals surface area (Å²) in [6.45, 7) is 5.92. The van der Waals surface area contributed by atoms with Gasteiger partial charge in [-0.05, 0) is 43.4 Å². The number of carbonyl (C=O) groups is 1. The molecule has 0 saturated carbocycles. The Morgan fingerprint density at radius 2 is 2.06 bits per heavy atom. The number of nitrogens with zero attached hydrogens (tertiary/aromatic N) is 5. The number of imidazole rings is 1. The zero-order valence-electron chi connectivity index (χ0n) is 19.0. The maximum absolute atomic E-state index is 14.1. The lowest BCUT2D eigenvalue weighted by Gasteiger charge is -2.23. The minimum Gasteiger partial charge on any atom is -0.505 e. The number of nitrogens with one attached hydrogen (secondary N) is 1. The minimum atomic E-state index is -1.32. The van der Waals surface area contributed by atoms with Gasteiger partial charge in [-0.3, -0.25) is 4.79 Å². The molecule has 4 aromatic rings. The van der Waals surface area contributed by atoms with Crippen molar-refractivity contribution in [2.75, 3.05) is 11.1 Å². The second-order valence-corrected chi connectivity index (χ2v) is 9.06. The summed E-state index contributed by atoms with van der Waals surface area (Å²) < 4.78 is 16.0. The van der Waals surface area contributed by atoms with Crippen molar-refractivity contribution in [3.8, 4) is 17.3 Å². The van der Waals surface area contributed by atoms with Crippen LogP contribution in [0.15, 0.2) is 36.8 Å². The molecule has 174 valence electrons. The van der Waals surface area contributed by atoms with Crippen LogP contribution in [-0.2, 0) is 16.6 Å². The summed E-state index contributed by atoms with van der Waals surface area (Å²) in [6.07, 6.45) is 7.00. The molecule has 10 heteroatoms. The van der Waals surface area contributed by atoms with Crippen LogP contribution in [0.3, 0.4) is 0 Å². The highest BCUT2D eigenvalue weighted by Gasteiger charge is 2.48. The number of phenols is 1. The summed E-state index contributed by atoms with van der Waals surface area (Å²) >= 11 is 0. The van der Waals surface area contributed by atoms with Crippen LogP contribution in [0.1, 0.15) is 44.0 Å². The number of halogens is 1. The molecule has 5 rings (SSSR count). The van der Waals surface area contributed by atoms with Crippen LogP contribution in [0.25, 0.3) is 17.2 Å². The zero-order chi connectivity index (χ0) is 24.2. The van der Waals surface area contributed by atoms with Gasteiger partial charge in [0.25, 0.3) is 0 Å². The van der Waals surface area contributed by atoms with Gasteiger partial charge in [0, 0.05) is 18.6 Å². The number of amides is 1. The van der Waals surface area contributed by atoms with Gasteiger partial charge in [0.05, 0.1) is 11.3 Å². The molecule has 1 aliphatic rings. The summed E-state index contributed by atoms with van der Waals surface area (Å²) in [5, 5.41) is 12.3. The second kappa shape index (κ2) is 7.75. The molecule has 0 aliphatic carbocycles. The summed E-state index contributed by atoms with van der Waals surface area (Å²) in [5.74, 6) is -0.640. The maximum Gasteiger partial charge on any atom is 0.240 e. The fourth-order valence-electron chi connectivity index (χ4n) is 4.31. The van der Waals surface area contributed by atoms with E-state index in [0.29, 0.717) is 22.7 Å². The number of anilines is 2. The molecule has 0 fully saturated rings. The molecule has 9 nitrogen and oxygen atoms in total. The zero-order valence-corrected chi connectivity index (χ0v) is 19.0. The van der Waals surface area contributed by atoms with Gasteiger partial charge >= 0.3 is 0 Å². The molecular weight excluding hydrogens is 437 g/mol. The van der Waals surface area contributed by atoms with Gasteiger partial charge in [-0.1, -0.05) is 19.9 Å². The van der Waals surface area contributed by atoms with Gasteiger partial charge in [0.1, 0.15) is 22.7 Å². The molecule has 1 unspecified atom stereocenters. The Morgan fingerprint density at radius 1 is 1.26 bits per heavy atom. The number of hydrogen-bond acceptors (Lipinski definition) is 7. The third-order valence-electron chi connectivity index (χ3n) is 6.28. The summed E-state index contributed by atoms with van der Waals surface area (Å²) in [6, 6.07) is 3.80. The average Bonchev–Trinajstić information content (AvgIpc) is 3.36. The molecule has 1 aliphatic heterocycles. The van der Waals surface area contributed by atoms with E-state index in [1.165, 1.54) is 12.1 Å². The smallest absolute Gasteiger partial charge is 0.240 e. The topological polar surface area (TPSA) is 131 Å². The normalized spacial score (nSPS) is 17.4. The fraction of sp³-hybridized carbons (Fsp3) is 0.292. The van der Waals surface area contributed by atoms with Crippen molar-refractivity contribution >= 4 is 23.2 Å². The number of hydrogen-bond donors (Lipinski definition) is 3. The van der Waals surface area contributed by atoms with Crippen LogP contribution in [0.4, 0.5) is 16.0 Å². The van der Waals surface area contributed by atoms with Crippen molar-refractivity contribution in [2.45, 2.75) is 39.0 Å². The number of phenolic OH excluding ortho intramolecular Hbond substituents is 1. The van der Waals surface area contributed by atoms with Crippen LogP contribution >= 0.6 is 0 Å². The highest BCUT2D eigenvalue weighted by molar-refractivity contribution is 6.09. The molecule has 0 radical (unpaired) electrons. The molecule has 0 saturated heterocycles. The van der Waals surface area contributed by atoms with Gasteiger partial charge in [-0.15, -0.1) is 0 Å². The van der Waals surface area contributed by atoms with Crippen molar-refractivity contribution in [3.05, 3.63) is 59.4 Å². The van der Waals surface area contributed by atoms with Crippen molar-refractivity contribution in [1.82, 2.24) is 24.3 Å². The number of aryl methyl sites for hydroxylation is 1. The van der Waals surface area contributed by atoms with Crippen molar-refractivity contribution < 1.29 is 14.3 Å². The van der Waals surface area contributed by atoms with Gasteiger partial charge in [0.15, 0.2) is 23.0 Å². The summed E-state index contributed by atoms with van der Waals surface area (Å²) in [4.78, 5) is 31.3. The van der Waals surface area contributed by atoms with Crippen LogP contribution < -0.4 is 11.1 Å².